The highest BCUT2D eigenvalue weighted by Gasteiger charge is 2.20. The number of ether oxygens (including phenoxy) is 1. The summed E-state index contributed by atoms with van der Waals surface area (Å²) in [5, 5.41) is 10.7. The number of pyridine rings is 1. The van der Waals surface area contributed by atoms with Crippen LogP contribution in [-0.4, -0.2) is 21.1 Å². The first kappa shape index (κ1) is 14.9. The lowest BCUT2D eigenvalue weighted by atomic mass is 10.2. The first-order valence-electron chi connectivity index (χ1n) is 5.67. The van der Waals surface area contributed by atoms with Gasteiger partial charge in [-0.3, -0.25) is 24.3 Å². The topological polar surface area (TPSA) is 91.4 Å². The molecule has 0 N–H and O–H groups in total. The van der Waals surface area contributed by atoms with E-state index in [-0.39, 0.29) is 6.54 Å². The summed E-state index contributed by atoms with van der Waals surface area (Å²) in [6.07, 6.45) is 1.39. The summed E-state index contributed by atoms with van der Waals surface area (Å²) in [5.74, 6) is -0.616. The van der Waals surface area contributed by atoms with Crippen molar-refractivity contribution in [2.45, 2.75) is 39.8 Å². The number of esters is 1. The van der Waals surface area contributed by atoms with E-state index in [0.717, 1.165) is 4.57 Å². The molecular weight excluding hydrogens is 252 g/mol. The van der Waals surface area contributed by atoms with E-state index in [2.05, 4.69) is 0 Å². The minimum Gasteiger partial charge on any atom is -0.459 e. The lowest BCUT2D eigenvalue weighted by molar-refractivity contribution is -0.386. The van der Waals surface area contributed by atoms with Gasteiger partial charge in [0.05, 0.1) is 4.92 Å². The molecule has 104 valence electrons. The molecule has 1 aromatic rings. The van der Waals surface area contributed by atoms with Gasteiger partial charge in [0.15, 0.2) is 0 Å². The maximum absolute atomic E-state index is 11.8. The van der Waals surface area contributed by atoms with Gasteiger partial charge in [-0.25, -0.2) is 0 Å². The maximum Gasteiger partial charge on any atom is 0.334 e. The number of aryl methyl sites for hydroxylation is 1. The molecule has 0 aromatic carbocycles. The fraction of sp³-hybridized carbons (Fsp3) is 0.500. The van der Waals surface area contributed by atoms with Crippen molar-refractivity contribution in [2.75, 3.05) is 0 Å². The molecule has 1 rings (SSSR count). The third kappa shape index (κ3) is 4.20. The Balaban J connectivity index is 3.06. The molecule has 1 heterocycles. The molecule has 0 spiro atoms. The van der Waals surface area contributed by atoms with Crippen molar-refractivity contribution in [1.29, 1.82) is 0 Å². The average molecular weight is 268 g/mol. The SMILES string of the molecule is Cc1cc([N+](=O)[O-])c(=O)n(CC(=O)OC(C)(C)C)c1. The summed E-state index contributed by atoms with van der Waals surface area (Å²) in [4.78, 5) is 33.4. The molecule has 7 nitrogen and oxygen atoms in total. The molecular formula is C12H16N2O5. The van der Waals surface area contributed by atoms with Gasteiger partial charge in [0.2, 0.25) is 0 Å². The van der Waals surface area contributed by atoms with Crippen molar-refractivity contribution in [3.63, 3.8) is 0 Å². The van der Waals surface area contributed by atoms with E-state index in [1.807, 2.05) is 0 Å². The zero-order valence-electron chi connectivity index (χ0n) is 11.3. The van der Waals surface area contributed by atoms with Crippen molar-refractivity contribution < 1.29 is 14.5 Å². The number of aromatic nitrogens is 1. The summed E-state index contributed by atoms with van der Waals surface area (Å²) < 4.78 is 6.06. The zero-order chi connectivity index (χ0) is 14.8. The molecule has 0 saturated heterocycles. The molecule has 0 aliphatic rings. The summed E-state index contributed by atoms with van der Waals surface area (Å²) in [6, 6.07) is 1.17. The minimum atomic E-state index is -0.818. The third-order valence-corrected chi connectivity index (χ3v) is 2.12. The van der Waals surface area contributed by atoms with E-state index in [0.29, 0.717) is 5.56 Å². The lowest BCUT2D eigenvalue weighted by Crippen LogP contribution is -2.31. The van der Waals surface area contributed by atoms with Gasteiger partial charge >= 0.3 is 17.2 Å². The molecule has 7 heteroatoms. The standard InChI is InChI=1S/C12H16N2O5/c1-8-5-9(14(17)18)11(16)13(6-8)7-10(15)19-12(2,3)4/h5-6H,7H2,1-4H3. The molecule has 0 amide bonds. The first-order chi connectivity index (χ1) is 8.60. The van der Waals surface area contributed by atoms with E-state index in [1.165, 1.54) is 12.3 Å². The molecule has 19 heavy (non-hydrogen) atoms. The number of hydrogen-bond donors (Lipinski definition) is 0. The lowest BCUT2D eigenvalue weighted by Gasteiger charge is -2.19. The Hall–Kier alpha value is -2.18. The highest BCUT2D eigenvalue weighted by atomic mass is 16.6. The van der Waals surface area contributed by atoms with E-state index in [1.54, 1.807) is 27.7 Å². The van der Waals surface area contributed by atoms with E-state index >= 15 is 0 Å². The van der Waals surface area contributed by atoms with Crippen LogP contribution in [0.5, 0.6) is 0 Å². The third-order valence-electron chi connectivity index (χ3n) is 2.12. The van der Waals surface area contributed by atoms with Crippen LogP contribution in [0.25, 0.3) is 0 Å². The number of nitro groups is 1. The second-order valence-corrected chi connectivity index (χ2v) is 5.18. The Bertz CT molecular complexity index is 568. The quantitative estimate of drug-likeness (QED) is 0.469. The second kappa shape index (κ2) is 5.21. The number of nitrogens with zero attached hydrogens (tertiary/aromatic N) is 2. The average Bonchev–Trinajstić information content (AvgIpc) is 2.19. The molecule has 0 unspecified atom stereocenters. The van der Waals surface area contributed by atoms with Crippen LogP contribution < -0.4 is 5.56 Å². The highest BCUT2D eigenvalue weighted by Crippen LogP contribution is 2.09. The van der Waals surface area contributed by atoms with Crippen LogP contribution >= 0.6 is 0 Å². The monoisotopic (exact) mass is 268 g/mol. The van der Waals surface area contributed by atoms with Crippen molar-refractivity contribution in [3.05, 3.63) is 38.3 Å². The number of rotatable bonds is 3. The molecule has 0 fully saturated rings. The fourth-order valence-electron chi connectivity index (χ4n) is 1.53. The maximum atomic E-state index is 11.8. The highest BCUT2D eigenvalue weighted by molar-refractivity contribution is 5.69. The number of hydrogen-bond acceptors (Lipinski definition) is 5. The fourth-order valence-corrected chi connectivity index (χ4v) is 1.53. The zero-order valence-corrected chi connectivity index (χ0v) is 11.3. The number of carbonyl (C=O) groups excluding carboxylic acids is 1. The van der Waals surface area contributed by atoms with Gasteiger partial charge in [-0.15, -0.1) is 0 Å². The van der Waals surface area contributed by atoms with Crippen LogP contribution in [0.4, 0.5) is 5.69 Å². The van der Waals surface area contributed by atoms with Crippen molar-refractivity contribution in [3.8, 4) is 0 Å². The predicted molar refractivity (Wildman–Crippen MR) is 67.9 cm³/mol. The van der Waals surface area contributed by atoms with Gasteiger partial charge in [0, 0.05) is 12.3 Å². The molecule has 0 aliphatic carbocycles. The molecule has 0 bridgehead atoms. The molecule has 1 aromatic heterocycles. The Morgan fingerprint density at radius 1 is 1.47 bits per heavy atom. The van der Waals surface area contributed by atoms with Gasteiger partial charge in [0.1, 0.15) is 12.1 Å². The smallest absolute Gasteiger partial charge is 0.334 e. The number of carbonyl (C=O) groups is 1. The van der Waals surface area contributed by atoms with Crippen LogP contribution in [0.15, 0.2) is 17.1 Å². The van der Waals surface area contributed by atoms with Crippen molar-refractivity contribution in [1.82, 2.24) is 4.57 Å². The normalized spacial score (nSPS) is 11.2. The molecule has 0 saturated carbocycles. The van der Waals surface area contributed by atoms with Crippen LogP contribution in [0.2, 0.25) is 0 Å². The van der Waals surface area contributed by atoms with Gasteiger partial charge in [-0.05, 0) is 33.3 Å². The van der Waals surface area contributed by atoms with Crippen LogP contribution in [0.3, 0.4) is 0 Å². The van der Waals surface area contributed by atoms with E-state index in [9.17, 15) is 19.7 Å². The van der Waals surface area contributed by atoms with Gasteiger partial charge in [-0.2, -0.15) is 0 Å². The van der Waals surface area contributed by atoms with Crippen molar-refractivity contribution in [2.24, 2.45) is 0 Å². The summed E-state index contributed by atoms with van der Waals surface area (Å²) in [5.41, 5.74) is -1.52. The molecule has 0 atom stereocenters. The van der Waals surface area contributed by atoms with Gasteiger partial charge < -0.3 is 4.74 Å². The van der Waals surface area contributed by atoms with Gasteiger partial charge in [-0.1, -0.05) is 0 Å². The van der Waals surface area contributed by atoms with E-state index in [4.69, 9.17) is 4.74 Å². The van der Waals surface area contributed by atoms with Gasteiger partial charge in [0.25, 0.3) is 0 Å². The summed E-state index contributed by atoms with van der Waals surface area (Å²) in [7, 11) is 0. The van der Waals surface area contributed by atoms with Crippen LogP contribution in [0, 0.1) is 17.0 Å². The van der Waals surface area contributed by atoms with Crippen molar-refractivity contribution >= 4 is 11.7 Å². The largest absolute Gasteiger partial charge is 0.459 e. The Kier molecular flexibility index (Phi) is 4.08. The minimum absolute atomic E-state index is 0.349. The molecule has 0 aliphatic heterocycles. The second-order valence-electron chi connectivity index (χ2n) is 5.18. The summed E-state index contributed by atoms with van der Waals surface area (Å²) in [6.45, 7) is 6.36. The molecule has 0 radical (unpaired) electrons. The first-order valence-corrected chi connectivity index (χ1v) is 5.67. The Morgan fingerprint density at radius 3 is 2.53 bits per heavy atom. The van der Waals surface area contributed by atoms with E-state index < -0.39 is 27.7 Å². The van der Waals surface area contributed by atoms with Crippen LogP contribution in [0.1, 0.15) is 26.3 Å². The van der Waals surface area contributed by atoms with Crippen LogP contribution in [-0.2, 0) is 16.1 Å². The Labute approximate surface area is 110 Å². The summed E-state index contributed by atoms with van der Waals surface area (Å²) >= 11 is 0. The Morgan fingerprint density at radius 2 is 2.05 bits per heavy atom. The predicted octanol–water partition coefficient (Wildman–Crippen LogP) is 1.41.